The molecule has 0 rings (SSSR count). The van der Waals surface area contributed by atoms with Gasteiger partial charge in [-0.25, -0.2) is 14.4 Å². The quantitative estimate of drug-likeness (QED) is 0.0202. The number of ketones is 3. The second-order valence-corrected chi connectivity index (χ2v) is 16.9. The summed E-state index contributed by atoms with van der Waals surface area (Å²) >= 11 is 0. The van der Waals surface area contributed by atoms with Crippen LogP contribution in [-0.4, -0.2) is 190 Å². The molecule has 25 heteroatoms. The normalized spacial score (nSPS) is 12.4. The number of esters is 1. The van der Waals surface area contributed by atoms with E-state index < -0.39 is 83.4 Å². The first-order chi connectivity index (χ1) is 34.2. The second kappa shape index (κ2) is 50.4. The van der Waals surface area contributed by atoms with Gasteiger partial charge in [-0.2, -0.15) is 9.58 Å². The molecule has 0 bridgehead atoms. The topological polar surface area (TPSA) is 411 Å². The molecule has 11 N–H and O–H groups in total. The van der Waals surface area contributed by atoms with Gasteiger partial charge in [-0.1, -0.05) is 76.7 Å². The number of carbonyl (C=O) groups is 9. The van der Waals surface area contributed by atoms with E-state index in [0.717, 1.165) is 6.21 Å². The smallest absolute Gasteiger partial charge is 0.334 e. The molecule has 0 unspecified atom stereocenters. The van der Waals surface area contributed by atoms with E-state index >= 15 is 0 Å². The van der Waals surface area contributed by atoms with Gasteiger partial charge in [0.1, 0.15) is 18.1 Å². The fourth-order valence-electron chi connectivity index (χ4n) is 5.72. The largest absolute Gasteiger partial charge is 0.480 e. The molecule has 0 aliphatic carbocycles. The van der Waals surface area contributed by atoms with Crippen LogP contribution >= 0.6 is 0 Å². The average Bonchev–Trinajstić information content (AvgIpc) is 3.31. The number of carboxylic acids is 2. The standard InChI is InChI=1S/C15H25N3O4.C12H20N4O4.C9H14N4O4.2C6H15N.CH4/c1-5-22-15(21)13(7-6-11(19)9-17-4)18-14(20)12(16)8-10(2)3;1-7(2)5-9(13)11(18)16-10(12(19)20)4-3-8(17)6-15-14;1-5(10)8(15)13-7(9(16)17)3-2-6(14)4-12-11;2*1-4-7(5-2)6-3;/h9-10,12-13H,4-8,16H2,1-3H3;6-7,9-10H,3-5,13H2,1-2H3,(H,16,18)(H,19,20);4-5,7H,2-3,10H2,1H3,(H,13,15)(H,16,17);2*4-6H2,1-3H3;1H4/p+1/t12-,13-;9-,10-;5-,7-;;;/m000.../s1. The molecule has 0 spiro atoms. The van der Waals surface area contributed by atoms with Gasteiger partial charge in [0, 0.05) is 19.3 Å². The number of amides is 3. The zero-order valence-electron chi connectivity index (χ0n) is 45.5. The number of carbonyl (C=O) groups excluding carboxylic acids is 7. The van der Waals surface area contributed by atoms with Gasteiger partial charge in [-0.3, -0.25) is 28.8 Å². The highest BCUT2D eigenvalue weighted by Crippen LogP contribution is 2.07. The maximum Gasteiger partial charge on any atom is 0.334 e. The van der Waals surface area contributed by atoms with E-state index in [1.165, 1.54) is 46.2 Å². The van der Waals surface area contributed by atoms with E-state index in [0.29, 0.717) is 25.3 Å². The Kier molecular flexibility index (Phi) is 54.0. The SMILES string of the molecule is C.C=[N+]=CC(=O)CC[C@H](NC(=O)[C@@H](N)CC(C)C)C(=O)OCC.CC(C)C[C@H](N)C(=O)N[C@@H](CCC(=O)C=[N+]=[N-])C(=O)O.CCN(CC)CC.CCN(CC)CC.C[C@H](N)C(=O)N[C@@H](CCC(=O)C=[N+]=[N-])C(=O)O. The van der Waals surface area contributed by atoms with Crippen LogP contribution in [-0.2, 0) is 47.9 Å². The van der Waals surface area contributed by atoms with Crippen LogP contribution in [0.2, 0.25) is 0 Å². The molecule has 3 amide bonds. The Labute approximate surface area is 439 Å². The van der Waals surface area contributed by atoms with Crippen LogP contribution in [0.4, 0.5) is 0 Å². The lowest BCUT2D eigenvalue weighted by atomic mass is 10.0. The molecular weight excluding hydrogens is 963 g/mol. The van der Waals surface area contributed by atoms with Crippen molar-refractivity contribution in [2.75, 3.05) is 45.9 Å². The molecule has 0 aromatic rings. The first kappa shape index (κ1) is 79.3. The summed E-state index contributed by atoms with van der Waals surface area (Å²) in [5, 5.41) is 24.8. The number of hydrogen-bond donors (Lipinski definition) is 8. The maximum atomic E-state index is 12.0. The molecule has 25 nitrogen and oxygen atoms in total. The Morgan fingerprint density at radius 3 is 1.09 bits per heavy atom. The Bertz CT molecular complexity index is 1770. The van der Waals surface area contributed by atoms with Gasteiger partial charge >= 0.3 is 36.6 Å². The van der Waals surface area contributed by atoms with E-state index in [1.54, 1.807) is 6.92 Å². The van der Waals surface area contributed by atoms with Crippen LogP contribution in [0.15, 0.2) is 0 Å². The predicted octanol–water partition coefficient (Wildman–Crippen LogP) is 1.06. The number of nitrogens with two attached hydrogens (primary N) is 3. The molecule has 6 atom stereocenters. The van der Waals surface area contributed by atoms with E-state index in [-0.39, 0.29) is 70.2 Å². The lowest BCUT2D eigenvalue weighted by molar-refractivity contribution is -0.148. The summed E-state index contributed by atoms with van der Waals surface area (Å²) in [6.45, 7) is 34.4. The number of Topliss-reactive ketones (excluding diaryl/α,β-unsaturated/α-hetero) is 3. The van der Waals surface area contributed by atoms with Crippen molar-refractivity contribution in [3.8, 4) is 0 Å². The van der Waals surface area contributed by atoms with E-state index in [4.69, 9.17) is 43.2 Å². The van der Waals surface area contributed by atoms with Gasteiger partial charge in [0.05, 0.1) is 24.7 Å². The van der Waals surface area contributed by atoms with Crippen molar-refractivity contribution in [3.05, 3.63) is 11.1 Å². The molecule has 0 aliphatic heterocycles. The van der Waals surface area contributed by atoms with Crippen molar-refractivity contribution in [2.45, 2.75) is 178 Å². The number of rotatable bonds is 32. The van der Waals surface area contributed by atoms with Crippen molar-refractivity contribution in [1.29, 1.82) is 0 Å². The lowest BCUT2D eigenvalue weighted by Gasteiger charge is -2.20. The van der Waals surface area contributed by atoms with Crippen LogP contribution in [0.1, 0.15) is 142 Å². The molecule has 0 aliphatic rings. The third-order valence-corrected chi connectivity index (χ3v) is 10.0. The van der Waals surface area contributed by atoms with Gasteiger partial charge in [-0.15, -0.1) is 4.67 Å². The Balaban J connectivity index is -0.000000207. The highest BCUT2D eigenvalue weighted by atomic mass is 16.5. The zero-order valence-corrected chi connectivity index (χ0v) is 45.5. The van der Waals surface area contributed by atoms with Crippen molar-refractivity contribution >= 4 is 78.3 Å². The number of nitrogens with zero attached hydrogens (tertiary/aromatic N) is 7. The monoisotopic (exact) mass is 1060 g/mol. The maximum absolute atomic E-state index is 12.0. The zero-order chi connectivity index (χ0) is 57.6. The van der Waals surface area contributed by atoms with Gasteiger partial charge < -0.3 is 69.0 Å². The minimum absolute atomic E-state index is 0. The van der Waals surface area contributed by atoms with E-state index in [1.807, 2.05) is 27.7 Å². The number of nitrogens with one attached hydrogen (secondary N) is 3. The number of carboxylic acid groups (broad SMARTS) is 2. The predicted molar refractivity (Wildman–Crippen MR) is 287 cm³/mol. The summed E-state index contributed by atoms with van der Waals surface area (Å²) in [5.41, 5.74) is 32.9. The number of ether oxygens (including phenoxy) is 1. The minimum Gasteiger partial charge on any atom is -0.480 e. The van der Waals surface area contributed by atoms with Crippen LogP contribution in [0.25, 0.3) is 11.1 Å². The molecule has 74 heavy (non-hydrogen) atoms. The van der Waals surface area contributed by atoms with Crippen molar-refractivity contribution in [2.24, 2.45) is 29.0 Å². The summed E-state index contributed by atoms with van der Waals surface area (Å²) in [5.74, 6) is -5.54. The Morgan fingerprint density at radius 1 is 0.554 bits per heavy atom. The molecule has 426 valence electrons. The molecule has 0 fully saturated rings. The van der Waals surface area contributed by atoms with Crippen LogP contribution in [0, 0.1) is 11.8 Å². The summed E-state index contributed by atoms with van der Waals surface area (Å²) in [6.07, 6.45) is 3.07. The fourth-order valence-corrected chi connectivity index (χ4v) is 5.72. The Morgan fingerprint density at radius 2 is 0.851 bits per heavy atom. The minimum atomic E-state index is -1.26. The molecule has 0 radical (unpaired) electrons. The summed E-state index contributed by atoms with van der Waals surface area (Å²) < 4.78 is 8.27. The van der Waals surface area contributed by atoms with Gasteiger partial charge in [0.2, 0.25) is 35.1 Å². The third-order valence-electron chi connectivity index (χ3n) is 10.0. The van der Waals surface area contributed by atoms with Crippen molar-refractivity contribution in [1.82, 2.24) is 30.4 Å². The summed E-state index contributed by atoms with van der Waals surface area (Å²) in [4.78, 5) is 112. The summed E-state index contributed by atoms with van der Waals surface area (Å²) in [6, 6.07) is -5.60. The Hall–Kier alpha value is -6.16. The van der Waals surface area contributed by atoms with Crippen LogP contribution < -0.4 is 37.8 Å². The molecule has 0 saturated carbocycles. The third kappa shape index (κ3) is 46.9. The lowest BCUT2D eigenvalue weighted by Crippen LogP contribution is -2.49. The first-order valence-electron chi connectivity index (χ1n) is 24.6. The highest BCUT2D eigenvalue weighted by molar-refractivity contribution is 6.27. The molecule has 0 aromatic heterocycles. The fraction of sp³-hybridized carbons (Fsp3) is 0.735. The van der Waals surface area contributed by atoms with Crippen molar-refractivity contribution in [3.63, 3.8) is 0 Å². The molecule has 0 aromatic carbocycles. The van der Waals surface area contributed by atoms with E-state index in [2.05, 4.69) is 88.3 Å². The van der Waals surface area contributed by atoms with E-state index in [9.17, 15) is 43.2 Å². The first-order valence-corrected chi connectivity index (χ1v) is 24.6. The summed E-state index contributed by atoms with van der Waals surface area (Å²) in [7, 11) is 0. The van der Waals surface area contributed by atoms with Gasteiger partial charge in [0.25, 0.3) is 6.72 Å². The highest BCUT2D eigenvalue weighted by Gasteiger charge is 2.27. The van der Waals surface area contributed by atoms with Gasteiger partial charge in [-0.05, 0) is 97.1 Å². The van der Waals surface area contributed by atoms with Crippen LogP contribution in [0.5, 0.6) is 0 Å². The molecule has 0 saturated heterocycles. The van der Waals surface area contributed by atoms with Crippen molar-refractivity contribution < 1.29 is 67.7 Å². The molecule has 0 heterocycles. The molecular formula is C49H94N13O12+. The van der Waals surface area contributed by atoms with Gasteiger partial charge in [0.15, 0.2) is 0 Å². The number of aliphatic carboxylic acids is 2. The second-order valence-electron chi connectivity index (χ2n) is 16.9. The number of hydrogen-bond acceptors (Lipinski definition) is 15. The van der Waals surface area contributed by atoms with Crippen LogP contribution in [0.3, 0.4) is 0 Å². The average molecular weight is 1060 g/mol.